The van der Waals surface area contributed by atoms with Gasteiger partial charge in [0, 0.05) is 24.0 Å². The molecule has 6 heteroatoms. The Morgan fingerprint density at radius 2 is 2.14 bits per heavy atom. The van der Waals surface area contributed by atoms with Gasteiger partial charge >= 0.3 is 0 Å². The molecule has 3 N–H and O–H groups in total. The first kappa shape index (κ1) is 13.1. The van der Waals surface area contributed by atoms with Gasteiger partial charge < -0.3 is 10.5 Å². The molecule has 3 aromatic rings. The average Bonchev–Trinajstić information content (AvgIpc) is 2.49. The third-order valence-corrected chi connectivity index (χ3v) is 3.03. The topological polar surface area (TPSA) is 93.9 Å². The van der Waals surface area contributed by atoms with Crippen molar-refractivity contribution in [3.63, 3.8) is 0 Å². The fourth-order valence-electron chi connectivity index (χ4n) is 2.00. The standard InChI is InChI=1S/C15H14N4O2/c16-10-4-5-13-12(9-10)14(20)19-15(18-13)21-8-6-11-3-1-2-7-17-11/h1-5,7,9H,6,8,16H2,(H,18,19,20). The molecule has 0 radical (unpaired) electrons. The first-order chi connectivity index (χ1) is 10.2. The van der Waals surface area contributed by atoms with E-state index in [1.807, 2.05) is 18.2 Å². The first-order valence-corrected chi connectivity index (χ1v) is 6.54. The Labute approximate surface area is 120 Å². The lowest BCUT2D eigenvalue weighted by Crippen LogP contribution is -2.13. The number of benzene rings is 1. The molecule has 2 aromatic heterocycles. The number of H-pyrrole nitrogens is 1. The summed E-state index contributed by atoms with van der Waals surface area (Å²) in [6.07, 6.45) is 2.38. The van der Waals surface area contributed by atoms with Crippen LogP contribution in [0.4, 0.5) is 5.69 Å². The molecule has 0 saturated heterocycles. The predicted octanol–water partition coefficient (Wildman–Crippen LogP) is 1.52. The van der Waals surface area contributed by atoms with Gasteiger partial charge in [-0.2, -0.15) is 4.98 Å². The van der Waals surface area contributed by atoms with Crippen molar-refractivity contribution in [2.45, 2.75) is 6.42 Å². The average molecular weight is 282 g/mol. The number of aromatic nitrogens is 3. The summed E-state index contributed by atoms with van der Waals surface area (Å²) in [5.74, 6) is 0. The monoisotopic (exact) mass is 282 g/mol. The van der Waals surface area contributed by atoms with Crippen LogP contribution < -0.4 is 16.0 Å². The van der Waals surface area contributed by atoms with Crippen molar-refractivity contribution >= 4 is 16.6 Å². The van der Waals surface area contributed by atoms with Crippen molar-refractivity contribution in [3.05, 3.63) is 58.6 Å². The number of fused-ring (bicyclic) bond motifs is 1. The highest BCUT2D eigenvalue weighted by Crippen LogP contribution is 2.13. The summed E-state index contributed by atoms with van der Waals surface area (Å²) in [5.41, 5.74) is 7.40. The highest BCUT2D eigenvalue weighted by atomic mass is 16.5. The Kier molecular flexibility index (Phi) is 3.51. The minimum atomic E-state index is -0.264. The second kappa shape index (κ2) is 5.62. The maximum atomic E-state index is 11.9. The maximum absolute atomic E-state index is 11.9. The van der Waals surface area contributed by atoms with Crippen LogP contribution in [-0.4, -0.2) is 21.6 Å². The van der Waals surface area contributed by atoms with E-state index in [0.29, 0.717) is 29.6 Å². The molecule has 21 heavy (non-hydrogen) atoms. The van der Waals surface area contributed by atoms with E-state index in [2.05, 4.69) is 15.0 Å². The number of nitrogens with zero attached hydrogens (tertiary/aromatic N) is 2. The smallest absolute Gasteiger partial charge is 0.297 e. The number of rotatable bonds is 4. The molecule has 0 aliphatic rings. The van der Waals surface area contributed by atoms with Crippen LogP contribution in [0, 0.1) is 0 Å². The van der Waals surface area contributed by atoms with Crippen LogP contribution in [0.1, 0.15) is 5.69 Å². The number of nitrogens with two attached hydrogens (primary N) is 1. The number of ether oxygens (including phenoxy) is 1. The van der Waals surface area contributed by atoms with Crippen LogP contribution in [0.2, 0.25) is 0 Å². The number of nitrogen functional groups attached to an aromatic ring is 1. The molecule has 3 rings (SSSR count). The molecule has 2 heterocycles. The largest absolute Gasteiger partial charge is 0.464 e. The summed E-state index contributed by atoms with van der Waals surface area (Å²) in [5, 5.41) is 0.451. The van der Waals surface area contributed by atoms with Crippen molar-refractivity contribution in [2.75, 3.05) is 12.3 Å². The molecule has 0 saturated carbocycles. The van der Waals surface area contributed by atoms with Crippen LogP contribution in [-0.2, 0) is 6.42 Å². The summed E-state index contributed by atoms with van der Waals surface area (Å²) in [7, 11) is 0. The lowest BCUT2D eigenvalue weighted by molar-refractivity contribution is 0.295. The normalized spacial score (nSPS) is 10.7. The molecular weight excluding hydrogens is 268 g/mol. The number of hydrogen-bond acceptors (Lipinski definition) is 5. The van der Waals surface area contributed by atoms with Gasteiger partial charge in [0.1, 0.15) is 0 Å². The summed E-state index contributed by atoms with van der Waals surface area (Å²) >= 11 is 0. The minimum Gasteiger partial charge on any atom is -0.464 e. The van der Waals surface area contributed by atoms with Gasteiger partial charge in [-0.3, -0.25) is 14.8 Å². The summed E-state index contributed by atoms with van der Waals surface area (Å²) in [4.78, 5) is 23.0. The fourth-order valence-corrected chi connectivity index (χ4v) is 2.00. The molecular formula is C15H14N4O2. The Morgan fingerprint density at radius 1 is 1.24 bits per heavy atom. The number of pyridine rings is 1. The van der Waals surface area contributed by atoms with E-state index in [1.54, 1.807) is 24.4 Å². The second-order valence-electron chi connectivity index (χ2n) is 4.57. The van der Waals surface area contributed by atoms with E-state index in [0.717, 1.165) is 5.69 Å². The molecule has 0 amide bonds. The molecule has 6 nitrogen and oxygen atoms in total. The van der Waals surface area contributed by atoms with Crippen molar-refractivity contribution in [1.82, 2.24) is 15.0 Å². The van der Waals surface area contributed by atoms with Gasteiger partial charge in [0.2, 0.25) is 0 Å². The zero-order chi connectivity index (χ0) is 14.7. The predicted molar refractivity (Wildman–Crippen MR) is 80.2 cm³/mol. The quantitative estimate of drug-likeness (QED) is 0.708. The second-order valence-corrected chi connectivity index (χ2v) is 4.57. The molecule has 1 aromatic carbocycles. The molecule has 0 aliphatic heterocycles. The maximum Gasteiger partial charge on any atom is 0.297 e. The van der Waals surface area contributed by atoms with E-state index in [-0.39, 0.29) is 11.6 Å². The Morgan fingerprint density at radius 3 is 2.95 bits per heavy atom. The van der Waals surface area contributed by atoms with Crippen molar-refractivity contribution in [3.8, 4) is 6.01 Å². The van der Waals surface area contributed by atoms with Gasteiger partial charge in [-0.15, -0.1) is 0 Å². The van der Waals surface area contributed by atoms with Gasteiger partial charge in [-0.05, 0) is 30.3 Å². The van der Waals surface area contributed by atoms with Gasteiger partial charge in [0.15, 0.2) is 0 Å². The number of nitrogens with one attached hydrogen (secondary N) is 1. The fraction of sp³-hybridized carbons (Fsp3) is 0.133. The summed E-state index contributed by atoms with van der Waals surface area (Å²) in [6.45, 7) is 0.389. The Bertz CT molecular complexity index is 815. The van der Waals surface area contributed by atoms with Gasteiger partial charge in [0.25, 0.3) is 11.6 Å². The highest BCUT2D eigenvalue weighted by molar-refractivity contribution is 5.81. The van der Waals surface area contributed by atoms with Gasteiger partial charge in [-0.1, -0.05) is 6.07 Å². The number of anilines is 1. The first-order valence-electron chi connectivity index (χ1n) is 6.54. The molecule has 0 atom stereocenters. The lowest BCUT2D eigenvalue weighted by Gasteiger charge is -2.06. The molecule has 0 bridgehead atoms. The third-order valence-electron chi connectivity index (χ3n) is 3.03. The van der Waals surface area contributed by atoms with E-state index in [1.165, 1.54) is 0 Å². The number of aromatic amines is 1. The van der Waals surface area contributed by atoms with Crippen molar-refractivity contribution in [1.29, 1.82) is 0 Å². The van der Waals surface area contributed by atoms with Gasteiger partial charge in [-0.25, -0.2) is 0 Å². The SMILES string of the molecule is Nc1ccc2nc(OCCc3ccccn3)[nH]c(=O)c2c1. The van der Waals surface area contributed by atoms with E-state index in [9.17, 15) is 4.79 Å². The zero-order valence-electron chi connectivity index (χ0n) is 11.2. The minimum absolute atomic E-state index is 0.202. The molecule has 0 aliphatic carbocycles. The Balaban J connectivity index is 1.76. The highest BCUT2D eigenvalue weighted by Gasteiger charge is 2.05. The Hall–Kier alpha value is -2.89. The van der Waals surface area contributed by atoms with Crippen LogP contribution in [0.5, 0.6) is 6.01 Å². The van der Waals surface area contributed by atoms with Crippen LogP contribution in [0.15, 0.2) is 47.4 Å². The van der Waals surface area contributed by atoms with Crippen LogP contribution in [0.25, 0.3) is 10.9 Å². The van der Waals surface area contributed by atoms with Crippen molar-refractivity contribution < 1.29 is 4.74 Å². The van der Waals surface area contributed by atoms with E-state index in [4.69, 9.17) is 10.5 Å². The van der Waals surface area contributed by atoms with E-state index < -0.39 is 0 Å². The molecule has 0 spiro atoms. The third kappa shape index (κ3) is 3.00. The van der Waals surface area contributed by atoms with Crippen LogP contribution in [0.3, 0.4) is 0 Å². The summed E-state index contributed by atoms with van der Waals surface area (Å²) in [6, 6.07) is 10.9. The van der Waals surface area contributed by atoms with Crippen molar-refractivity contribution in [2.24, 2.45) is 0 Å². The molecule has 106 valence electrons. The number of hydrogen-bond donors (Lipinski definition) is 2. The lowest BCUT2D eigenvalue weighted by atomic mass is 10.2. The van der Waals surface area contributed by atoms with E-state index >= 15 is 0 Å². The van der Waals surface area contributed by atoms with Gasteiger partial charge in [0.05, 0.1) is 17.5 Å². The summed E-state index contributed by atoms with van der Waals surface area (Å²) < 4.78 is 5.49. The van der Waals surface area contributed by atoms with Crippen LogP contribution >= 0.6 is 0 Å². The zero-order valence-corrected chi connectivity index (χ0v) is 11.2. The molecule has 0 fully saturated rings. The molecule has 0 unspecified atom stereocenters.